The zero-order chi connectivity index (χ0) is 31.1. The van der Waals surface area contributed by atoms with Crippen LogP contribution >= 0.6 is 23.8 Å². The molecule has 17 heteroatoms. The maximum atomic E-state index is 10.6. The maximum Gasteiger partial charge on any atom is 0.438 e. The van der Waals surface area contributed by atoms with Gasteiger partial charge in [0.25, 0.3) is 0 Å². The second-order valence-corrected chi connectivity index (χ2v) is 14.5. The van der Waals surface area contributed by atoms with Crippen LogP contribution in [-0.2, 0) is 31.8 Å². The van der Waals surface area contributed by atoms with E-state index in [9.17, 15) is 13.8 Å². The van der Waals surface area contributed by atoms with Gasteiger partial charge in [-0.2, -0.15) is 13.6 Å². The molecule has 0 aliphatic carbocycles. The lowest BCUT2D eigenvalue weighted by Crippen LogP contribution is -2.30. The van der Waals surface area contributed by atoms with Gasteiger partial charge in [0.05, 0.1) is 0 Å². The first-order chi connectivity index (χ1) is 18.0. The van der Waals surface area contributed by atoms with E-state index in [2.05, 4.69) is 48.3 Å². The van der Waals surface area contributed by atoms with Gasteiger partial charge in [0.1, 0.15) is 17.5 Å². The minimum Gasteiger partial charge on any atom is -0.348 e. The van der Waals surface area contributed by atoms with Crippen LogP contribution in [0.15, 0.2) is 23.0 Å². The van der Waals surface area contributed by atoms with Crippen molar-refractivity contribution in [2.24, 2.45) is 9.81 Å². The van der Waals surface area contributed by atoms with Crippen LogP contribution in [0.25, 0.3) is 0 Å². The van der Waals surface area contributed by atoms with Crippen LogP contribution in [0.2, 0.25) is 0 Å². The minimum absolute atomic E-state index is 0. The Balaban J connectivity index is -0.000000152. The normalized spacial score (nSPS) is 13.7. The van der Waals surface area contributed by atoms with Crippen LogP contribution in [0.3, 0.4) is 0 Å². The minimum atomic E-state index is -1.52. The molecule has 45 heavy (non-hydrogen) atoms. The third kappa shape index (κ3) is 19.4. The molecule has 4 N–H and O–H groups in total. The van der Waals surface area contributed by atoms with Crippen LogP contribution in [0, 0.1) is 10.3 Å². The Hall–Kier alpha value is -2.76. The smallest absolute Gasteiger partial charge is 0.348 e. The summed E-state index contributed by atoms with van der Waals surface area (Å²) >= 11 is 4.14. The Bertz CT molecular complexity index is 1300. The third-order valence-electron chi connectivity index (χ3n) is 4.54. The Morgan fingerprint density at radius 1 is 0.733 bits per heavy atom. The standard InChI is InChI=1S/C6H10N2O2.2C6H10N2OS.C5H10N2O2S.5CH4/c2*1-6(2,3)4-7-5(9)10-8-4;1-6(2,3)4-7-5(10)9-8-4;1-5(2,3)4-6-9-10(8)7-4;;;;;/h2*1-3H3,(H,7,8,9);1-3H3,(H,7,8,10);1-3H3,(H,6,7);5*1H4. The maximum absolute atomic E-state index is 10.6. The first kappa shape index (κ1) is 51.8. The SMILES string of the molecule is C.C.C.C.C.CC(C)(C)C1=NS(=O)ON1.CC(C)(C)c1nc(=S)o[nH]1.CC(C)(C)c1noc(=O)[nH]1.CC(C)(C)c1nsc(=O)[nH]1. The van der Waals surface area contributed by atoms with E-state index in [4.69, 9.17) is 16.7 Å². The average Bonchev–Trinajstić information content (AvgIpc) is 3.55. The van der Waals surface area contributed by atoms with Crippen molar-refractivity contribution in [1.82, 2.24) is 35.1 Å². The topological polar surface area (TPSA) is 197 Å². The molecule has 266 valence electrons. The highest BCUT2D eigenvalue weighted by Gasteiger charge is 2.25. The monoisotopic (exact) mass is 700 g/mol. The lowest BCUT2D eigenvalue weighted by molar-refractivity contribution is 0.291. The molecule has 4 rings (SSSR count). The van der Waals surface area contributed by atoms with E-state index in [1.807, 2.05) is 83.1 Å². The second-order valence-electron chi connectivity index (χ2n) is 12.7. The molecule has 1 aliphatic heterocycles. The molecule has 3 aromatic rings. The summed E-state index contributed by atoms with van der Waals surface area (Å²) in [5.74, 6) is 2.27. The van der Waals surface area contributed by atoms with Crippen LogP contribution in [-0.4, -0.2) is 39.7 Å². The van der Waals surface area contributed by atoms with E-state index < -0.39 is 17.0 Å². The average molecular weight is 701 g/mol. The summed E-state index contributed by atoms with van der Waals surface area (Å²) < 4.78 is 31.8. The van der Waals surface area contributed by atoms with Crippen molar-refractivity contribution >= 4 is 40.9 Å². The van der Waals surface area contributed by atoms with Gasteiger partial charge in [-0.25, -0.2) is 19.6 Å². The molecule has 0 spiro atoms. The zero-order valence-electron chi connectivity index (χ0n) is 25.0. The zero-order valence-corrected chi connectivity index (χ0v) is 27.4. The molecule has 0 aromatic carbocycles. The Morgan fingerprint density at radius 3 is 1.40 bits per heavy atom. The number of aromatic amines is 3. The molecule has 0 radical (unpaired) electrons. The fourth-order valence-electron chi connectivity index (χ4n) is 2.13. The van der Waals surface area contributed by atoms with Gasteiger partial charge in [0, 0.05) is 33.2 Å². The predicted octanol–water partition coefficient (Wildman–Crippen LogP) is 7.54. The van der Waals surface area contributed by atoms with E-state index >= 15 is 0 Å². The highest BCUT2D eigenvalue weighted by Crippen LogP contribution is 2.19. The van der Waals surface area contributed by atoms with Crippen molar-refractivity contribution in [2.75, 3.05) is 0 Å². The van der Waals surface area contributed by atoms with Gasteiger partial charge in [-0.15, -0.1) is 4.40 Å². The quantitative estimate of drug-likeness (QED) is 0.169. The summed E-state index contributed by atoms with van der Waals surface area (Å²) in [6, 6.07) is 0. The van der Waals surface area contributed by atoms with Crippen molar-refractivity contribution in [2.45, 2.75) is 136 Å². The molecule has 1 unspecified atom stereocenters. The van der Waals surface area contributed by atoms with Crippen molar-refractivity contribution in [1.29, 1.82) is 0 Å². The molecule has 0 saturated carbocycles. The summed E-state index contributed by atoms with van der Waals surface area (Å²) in [5, 5.41) is 6.20. The lowest BCUT2D eigenvalue weighted by atomic mass is 9.96. The molecular formula is C28H60N8O6S3. The summed E-state index contributed by atoms with van der Waals surface area (Å²) in [5.41, 5.74) is 2.17. The summed E-state index contributed by atoms with van der Waals surface area (Å²) in [4.78, 5) is 30.4. The van der Waals surface area contributed by atoms with Gasteiger partial charge < -0.3 is 4.52 Å². The summed E-state index contributed by atoms with van der Waals surface area (Å²) in [6.07, 6.45) is 0. The van der Waals surface area contributed by atoms with Crippen molar-refractivity contribution in [3.63, 3.8) is 0 Å². The van der Waals surface area contributed by atoms with E-state index in [0.29, 0.717) is 11.7 Å². The van der Waals surface area contributed by atoms with Gasteiger partial charge in [-0.05, 0) is 12.2 Å². The Morgan fingerprint density at radius 2 is 1.22 bits per heavy atom. The van der Waals surface area contributed by atoms with Gasteiger partial charge in [0.15, 0.2) is 5.82 Å². The van der Waals surface area contributed by atoms with E-state index in [-0.39, 0.29) is 68.5 Å². The van der Waals surface area contributed by atoms with E-state index in [1.54, 1.807) is 0 Å². The molecule has 0 saturated heterocycles. The molecule has 4 heterocycles. The number of H-pyrrole nitrogens is 3. The molecule has 3 aromatic heterocycles. The summed E-state index contributed by atoms with van der Waals surface area (Å²) in [6.45, 7) is 23.9. The number of nitrogens with zero attached hydrogens (tertiary/aromatic N) is 4. The first-order valence-corrected chi connectivity index (χ1v) is 14.3. The van der Waals surface area contributed by atoms with Gasteiger partial charge in [-0.1, -0.05) is 125 Å². The number of rotatable bonds is 0. The number of amidine groups is 1. The predicted molar refractivity (Wildman–Crippen MR) is 191 cm³/mol. The summed E-state index contributed by atoms with van der Waals surface area (Å²) in [7, 11) is 0. The number of hydrogen-bond acceptors (Lipinski definition) is 12. The fraction of sp³-hybridized carbons (Fsp3) is 0.750. The number of aromatic nitrogens is 6. The van der Waals surface area contributed by atoms with Crippen LogP contribution in [0.5, 0.6) is 0 Å². The van der Waals surface area contributed by atoms with Gasteiger partial charge in [-0.3, -0.25) is 19.3 Å². The van der Waals surface area contributed by atoms with Crippen molar-refractivity contribution in [3.8, 4) is 0 Å². The molecule has 0 fully saturated rings. The van der Waals surface area contributed by atoms with Crippen LogP contribution in [0.1, 0.15) is 138 Å². The first-order valence-electron chi connectivity index (χ1n) is 12.1. The molecule has 1 aliphatic rings. The third-order valence-corrected chi connectivity index (χ3v) is 5.81. The molecule has 14 nitrogen and oxygen atoms in total. The van der Waals surface area contributed by atoms with Gasteiger partial charge in [0.2, 0.25) is 0 Å². The van der Waals surface area contributed by atoms with Crippen LogP contribution < -0.4 is 16.1 Å². The van der Waals surface area contributed by atoms with Crippen molar-refractivity contribution in [3.05, 3.63) is 42.5 Å². The van der Waals surface area contributed by atoms with E-state index in [0.717, 1.165) is 23.2 Å². The fourth-order valence-corrected chi connectivity index (χ4v) is 3.55. The van der Waals surface area contributed by atoms with Gasteiger partial charge >= 0.3 is 26.7 Å². The van der Waals surface area contributed by atoms with E-state index in [1.165, 1.54) is 0 Å². The second kappa shape index (κ2) is 20.4. The number of hydroxylamine groups is 1. The highest BCUT2D eigenvalue weighted by atomic mass is 32.2. The molecule has 1 atom stereocenters. The largest absolute Gasteiger partial charge is 0.438 e. The molecule has 0 bridgehead atoms. The molecule has 0 amide bonds. The van der Waals surface area contributed by atoms with Crippen molar-refractivity contribution < 1.29 is 17.5 Å². The number of nitrogens with one attached hydrogen (secondary N) is 4. The molecular weight excluding hydrogens is 641 g/mol. The lowest BCUT2D eigenvalue weighted by Gasteiger charge is -2.15. The Labute approximate surface area is 281 Å². The Kier molecular flexibility index (Phi) is 23.5. The van der Waals surface area contributed by atoms with Crippen LogP contribution in [0.4, 0.5) is 0 Å². The highest BCUT2D eigenvalue weighted by molar-refractivity contribution is 7.79. The number of hydrogen-bond donors (Lipinski definition) is 4.